The first-order valence-corrected chi connectivity index (χ1v) is 6.44. The van der Waals surface area contributed by atoms with Gasteiger partial charge in [0, 0.05) is 45.1 Å². The van der Waals surface area contributed by atoms with Crippen LogP contribution in [-0.2, 0) is 13.6 Å². The van der Waals surface area contributed by atoms with Gasteiger partial charge in [-0.3, -0.25) is 4.68 Å². The summed E-state index contributed by atoms with van der Waals surface area (Å²) < 4.78 is 1.80. The zero-order valence-electron chi connectivity index (χ0n) is 11.7. The molecule has 2 heterocycles. The molecule has 0 aromatic carbocycles. The number of nitrogens with zero attached hydrogens (tertiary/aromatic N) is 5. The van der Waals surface area contributed by atoms with E-state index in [1.165, 1.54) is 0 Å². The lowest BCUT2D eigenvalue weighted by Crippen LogP contribution is -2.18. The highest BCUT2D eigenvalue weighted by Gasteiger charge is 2.06. The fraction of sp³-hybridized carbons (Fsp3) is 0.462. The van der Waals surface area contributed by atoms with Crippen molar-refractivity contribution in [2.75, 3.05) is 23.8 Å². The molecule has 0 radical (unpaired) electrons. The summed E-state index contributed by atoms with van der Waals surface area (Å²) in [6.07, 6.45) is 6.71. The van der Waals surface area contributed by atoms with Gasteiger partial charge in [-0.1, -0.05) is 6.92 Å². The lowest BCUT2D eigenvalue weighted by Gasteiger charge is -2.17. The van der Waals surface area contributed by atoms with Crippen LogP contribution in [0.4, 0.5) is 11.8 Å². The first-order chi connectivity index (χ1) is 9.19. The predicted octanol–water partition coefficient (Wildman–Crippen LogP) is 1.67. The Morgan fingerprint density at radius 1 is 1.42 bits per heavy atom. The Morgan fingerprint density at radius 2 is 2.26 bits per heavy atom. The highest BCUT2D eigenvalue weighted by molar-refractivity contribution is 5.42. The van der Waals surface area contributed by atoms with Crippen molar-refractivity contribution < 1.29 is 0 Å². The molecular weight excluding hydrogens is 240 g/mol. The zero-order chi connectivity index (χ0) is 13.7. The minimum atomic E-state index is 0.678. The molecule has 0 atom stereocenters. The summed E-state index contributed by atoms with van der Waals surface area (Å²) in [5.74, 6) is 1.58. The molecule has 0 aliphatic heterocycles. The van der Waals surface area contributed by atoms with Gasteiger partial charge in [-0.2, -0.15) is 10.1 Å². The van der Waals surface area contributed by atoms with Crippen molar-refractivity contribution in [1.29, 1.82) is 0 Å². The minimum absolute atomic E-state index is 0.678. The summed E-state index contributed by atoms with van der Waals surface area (Å²) in [5.41, 5.74) is 1.16. The second-order valence-corrected chi connectivity index (χ2v) is 4.54. The van der Waals surface area contributed by atoms with Crippen molar-refractivity contribution in [1.82, 2.24) is 19.7 Å². The molecule has 2 aromatic heterocycles. The second-order valence-electron chi connectivity index (χ2n) is 4.54. The summed E-state index contributed by atoms with van der Waals surface area (Å²) in [4.78, 5) is 10.8. The maximum atomic E-state index is 4.49. The molecule has 0 fully saturated rings. The molecule has 6 heteroatoms. The Hall–Kier alpha value is -2.11. The third kappa shape index (κ3) is 3.67. The van der Waals surface area contributed by atoms with Crippen LogP contribution < -0.4 is 10.2 Å². The molecule has 2 rings (SSSR count). The van der Waals surface area contributed by atoms with Crippen molar-refractivity contribution >= 4 is 11.8 Å². The van der Waals surface area contributed by atoms with Crippen LogP contribution in [0.5, 0.6) is 0 Å². The number of rotatable bonds is 6. The van der Waals surface area contributed by atoms with Crippen molar-refractivity contribution in [2.45, 2.75) is 19.9 Å². The van der Waals surface area contributed by atoms with Gasteiger partial charge in [-0.25, -0.2) is 4.98 Å². The Labute approximate surface area is 113 Å². The van der Waals surface area contributed by atoms with Crippen LogP contribution in [0.3, 0.4) is 0 Å². The average Bonchev–Trinajstić information content (AvgIpc) is 2.82. The standard InChI is InChI=1S/C13H20N6/c1-4-6-14-13-15-7-5-12(17-13)18(2)9-11-8-16-19(3)10-11/h5,7-8,10H,4,6,9H2,1-3H3,(H,14,15,17). The molecule has 6 nitrogen and oxygen atoms in total. The molecule has 0 saturated carbocycles. The van der Waals surface area contributed by atoms with Crippen LogP contribution in [0.25, 0.3) is 0 Å². The number of hydrogen-bond donors (Lipinski definition) is 1. The fourth-order valence-corrected chi connectivity index (χ4v) is 1.79. The van der Waals surface area contributed by atoms with Crippen molar-refractivity contribution in [3.05, 3.63) is 30.2 Å². The van der Waals surface area contributed by atoms with E-state index in [9.17, 15) is 0 Å². The van der Waals surface area contributed by atoms with Gasteiger partial charge in [0.1, 0.15) is 5.82 Å². The maximum Gasteiger partial charge on any atom is 0.224 e. The van der Waals surface area contributed by atoms with Crippen molar-refractivity contribution in [2.24, 2.45) is 7.05 Å². The fourth-order valence-electron chi connectivity index (χ4n) is 1.79. The van der Waals surface area contributed by atoms with Crippen molar-refractivity contribution in [3.8, 4) is 0 Å². The van der Waals surface area contributed by atoms with E-state index in [4.69, 9.17) is 0 Å². The molecule has 0 bridgehead atoms. The van der Waals surface area contributed by atoms with E-state index < -0.39 is 0 Å². The minimum Gasteiger partial charge on any atom is -0.355 e. The van der Waals surface area contributed by atoms with Crippen LogP contribution in [0.1, 0.15) is 18.9 Å². The number of anilines is 2. The molecule has 19 heavy (non-hydrogen) atoms. The quantitative estimate of drug-likeness (QED) is 0.856. The van der Waals surface area contributed by atoms with Gasteiger partial charge in [0.05, 0.1) is 6.20 Å². The van der Waals surface area contributed by atoms with E-state index in [1.807, 2.05) is 32.6 Å². The third-order valence-electron chi connectivity index (χ3n) is 2.74. The Bertz CT molecular complexity index is 521. The number of aromatic nitrogens is 4. The Morgan fingerprint density at radius 3 is 2.95 bits per heavy atom. The van der Waals surface area contributed by atoms with Gasteiger partial charge in [0.2, 0.25) is 5.95 Å². The van der Waals surface area contributed by atoms with Gasteiger partial charge in [0.25, 0.3) is 0 Å². The maximum absolute atomic E-state index is 4.49. The van der Waals surface area contributed by atoms with Gasteiger partial charge in [-0.05, 0) is 12.5 Å². The summed E-state index contributed by atoms with van der Waals surface area (Å²) in [7, 11) is 3.93. The van der Waals surface area contributed by atoms with E-state index in [2.05, 4.69) is 32.2 Å². The summed E-state index contributed by atoms with van der Waals surface area (Å²) in [6, 6.07) is 1.91. The largest absolute Gasteiger partial charge is 0.355 e. The predicted molar refractivity (Wildman–Crippen MR) is 76.1 cm³/mol. The molecule has 0 saturated heterocycles. The van der Waals surface area contributed by atoms with Gasteiger partial charge >= 0.3 is 0 Å². The Kier molecular flexibility index (Phi) is 4.33. The molecule has 0 spiro atoms. The molecule has 1 N–H and O–H groups in total. The average molecular weight is 260 g/mol. The van der Waals surface area contributed by atoms with E-state index in [0.29, 0.717) is 5.95 Å². The topological polar surface area (TPSA) is 58.9 Å². The lowest BCUT2D eigenvalue weighted by molar-refractivity contribution is 0.766. The van der Waals surface area contributed by atoms with E-state index in [-0.39, 0.29) is 0 Å². The summed E-state index contributed by atoms with van der Waals surface area (Å²) >= 11 is 0. The first-order valence-electron chi connectivity index (χ1n) is 6.44. The van der Waals surface area contributed by atoms with Crippen molar-refractivity contribution in [3.63, 3.8) is 0 Å². The molecule has 2 aromatic rings. The van der Waals surface area contributed by atoms with E-state index >= 15 is 0 Å². The van der Waals surface area contributed by atoms with Crippen LogP contribution in [-0.4, -0.2) is 33.3 Å². The molecule has 102 valence electrons. The van der Waals surface area contributed by atoms with E-state index in [0.717, 1.165) is 30.9 Å². The van der Waals surface area contributed by atoms with Crippen LogP contribution >= 0.6 is 0 Å². The first kappa shape index (κ1) is 13.3. The lowest BCUT2D eigenvalue weighted by atomic mass is 10.3. The van der Waals surface area contributed by atoms with Gasteiger partial charge < -0.3 is 10.2 Å². The highest BCUT2D eigenvalue weighted by atomic mass is 15.3. The van der Waals surface area contributed by atoms with Crippen LogP contribution in [0, 0.1) is 0 Å². The number of nitrogens with one attached hydrogen (secondary N) is 1. The molecular formula is C13H20N6. The third-order valence-corrected chi connectivity index (χ3v) is 2.74. The highest BCUT2D eigenvalue weighted by Crippen LogP contribution is 2.13. The number of aryl methyl sites for hydroxylation is 1. The normalized spacial score (nSPS) is 10.5. The second kappa shape index (κ2) is 6.17. The number of hydrogen-bond acceptors (Lipinski definition) is 5. The molecule has 0 amide bonds. The van der Waals surface area contributed by atoms with Gasteiger partial charge in [-0.15, -0.1) is 0 Å². The molecule has 0 unspecified atom stereocenters. The summed E-state index contributed by atoms with van der Waals surface area (Å²) in [6.45, 7) is 3.78. The SMILES string of the molecule is CCCNc1nccc(N(C)Cc2cnn(C)c2)n1. The monoisotopic (exact) mass is 260 g/mol. The molecule has 0 aliphatic rings. The summed E-state index contributed by atoms with van der Waals surface area (Å²) in [5, 5.41) is 7.36. The molecule has 0 aliphatic carbocycles. The van der Waals surface area contributed by atoms with Crippen LogP contribution in [0.15, 0.2) is 24.7 Å². The Balaban J connectivity index is 2.03. The van der Waals surface area contributed by atoms with E-state index in [1.54, 1.807) is 10.9 Å². The smallest absolute Gasteiger partial charge is 0.224 e. The van der Waals surface area contributed by atoms with Gasteiger partial charge in [0.15, 0.2) is 0 Å². The van der Waals surface area contributed by atoms with Crippen LogP contribution in [0.2, 0.25) is 0 Å². The zero-order valence-corrected chi connectivity index (χ0v) is 11.7.